The van der Waals surface area contributed by atoms with Gasteiger partial charge >= 0.3 is 6.03 Å². The average molecular weight is 345 g/mol. The molecule has 0 atom stereocenters. The Morgan fingerprint density at radius 3 is 2.12 bits per heavy atom. The zero-order chi connectivity index (χ0) is 18.6. The predicted molar refractivity (Wildman–Crippen MR) is 101 cm³/mol. The highest BCUT2D eigenvalue weighted by Gasteiger charge is 2.25. The topological polar surface area (TPSA) is 52.7 Å². The average Bonchev–Trinajstić information content (AvgIpc) is 2.84. The minimum Gasteiger partial charge on any atom is -0.338 e. The maximum absolute atomic E-state index is 13.2. The van der Waals surface area contributed by atoms with Crippen LogP contribution in [0.15, 0.2) is 6.07 Å². The zero-order valence-corrected chi connectivity index (χ0v) is 16.2. The van der Waals surface area contributed by atoms with Crippen molar-refractivity contribution in [1.82, 2.24) is 15.1 Å². The summed E-state index contributed by atoms with van der Waals surface area (Å²) in [7, 11) is 0. The number of urea groups is 1. The van der Waals surface area contributed by atoms with Gasteiger partial charge in [0, 0.05) is 38.3 Å². The summed E-state index contributed by atoms with van der Waals surface area (Å²) in [6.07, 6.45) is 1.74. The highest BCUT2D eigenvalue weighted by atomic mass is 16.2. The third kappa shape index (κ3) is 4.33. The fraction of sp³-hybridized carbons (Fsp3) is 0.600. The summed E-state index contributed by atoms with van der Waals surface area (Å²) in [6, 6.07) is 2.12. The molecule has 3 amide bonds. The standard InChI is InChI=1S/C20H31N3O2/c1-6-8-21-20(25)23-10-7-9-22(11-12-23)19(24)18-16(4)14(2)13-15(3)17(18)5/h13H,6-12H2,1-5H3,(H,21,25). The second-order valence-electron chi connectivity index (χ2n) is 7.00. The van der Waals surface area contributed by atoms with Gasteiger partial charge in [-0.3, -0.25) is 4.79 Å². The summed E-state index contributed by atoms with van der Waals surface area (Å²) in [6.45, 7) is 13.5. The van der Waals surface area contributed by atoms with Crippen molar-refractivity contribution in [3.8, 4) is 0 Å². The Labute approximate surface area is 151 Å². The van der Waals surface area contributed by atoms with E-state index in [1.165, 1.54) is 0 Å². The molecule has 2 rings (SSSR count). The summed E-state index contributed by atoms with van der Waals surface area (Å²) in [5.74, 6) is 0.0950. The third-order valence-corrected chi connectivity index (χ3v) is 5.18. The number of carbonyl (C=O) groups is 2. The van der Waals surface area contributed by atoms with E-state index in [4.69, 9.17) is 0 Å². The monoisotopic (exact) mass is 345 g/mol. The summed E-state index contributed by atoms with van der Waals surface area (Å²) < 4.78 is 0. The minimum atomic E-state index is -0.0186. The molecule has 1 heterocycles. The van der Waals surface area contributed by atoms with Gasteiger partial charge in [0.05, 0.1) is 0 Å². The normalized spacial score (nSPS) is 15.1. The van der Waals surface area contributed by atoms with Crippen LogP contribution < -0.4 is 5.32 Å². The van der Waals surface area contributed by atoms with Crippen LogP contribution in [0.4, 0.5) is 4.79 Å². The fourth-order valence-corrected chi connectivity index (χ4v) is 3.36. The Morgan fingerprint density at radius 2 is 1.52 bits per heavy atom. The van der Waals surface area contributed by atoms with Crippen LogP contribution in [-0.2, 0) is 0 Å². The highest BCUT2D eigenvalue weighted by Crippen LogP contribution is 2.23. The number of carbonyl (C=O) groups excluding carboxylic acids is 2. The van der Waals surface area contributed by atoms with Gasteiger partial charge in [0.2, 0.25) is 0 Å². The Bertz CT molecular complexity index is 629. The van der Waals surface area contributed by atoms with Crippen molar-refractivity contribution >= 4 is 11.9 Å². The van der Waals surface area contributed by atoms with Gasteiger partial charge < -0.3 is 15.1 Å². The van der Waals surface area contributed by atoms with Gasteiger partial charge in [0.25, 0.3) is 5.91 Å². The van der Waals surface area contributed by atoms with Gasteiger partial charge in [-0.25, -0.2) is 4.79 Å². The number of nitrogens with one attached hydrogen (secondary N) is 1. The molecule has 0 bridgehead atoms. The van der Waals surface area contributed by atoms with E-state index in [1.54, 1.807) is 0 Å². The van der Waals surface area contributed by atoms with Crippen molar-refractivity contribution in [1.29, 1.82) is 0 Å². The van der Waals surface area contributed by atoms with Gasteiger partial charge in [0.15, 0.2) is 0 Å². The van der Waals surface area contributed by atoms with E-state index in [2.05, 4.69) is 25.2 Å². The molecule has 0 unspecified atom stereocenters. The van der Waals surface area contributed by atoms with Crippen molar-refractivity contribution in [2.45, 2.75) is 47.5 Å². The molecule has 0 aliphatic carbocycles. The molecule has 1 saturated heterocycles. The van der Waals surface area contributed by atoms with Crippen LogP contribution in [0.25, 0.3) is 0 Å². The fourth-order valence-electron chi connectivity index (χ4n) is 3.36. The molecule has 5 nitrogen and oxygen atoms in total. The first-order valence-electron chi connectivity index (χ1n) is 9.26. The Morgan fingerprint density at radius 1 is 0.960 bits per heavy atom. The first kappa shape index (κ1) is 19.3. The van der Waals surface area contributed by atoms with Crippen molar-refractivity contribution in [3.05, 3.63) is 33.9 Å². The number of amides is 3. The van der Waals surface area contributed by atoms with E-state index in [0.29, 0.717) is 32.7 Å². The number of nitrogens with zero attached hydrogens (tertiary/aromatic N) is 2. The number of aryl methyl sites for hydroxylation is 2. The molecule has 1 aliphatic heterocycles. The van der Waals surface area contributed by atoms with Gasteiger partial charge in [-0.05, 0) is 62.8 Å². The van der Waals surface area contributed by atoms with E-state index in [1.807, 2.05) is 30.6 Å². The molecule has 0 spiro atoms. The summed E-state index contributed by atoms with van der Waals surface area (Å²) in [5, 5.41) is 2.92. The quantitative estimate of drug-likeness (QED) is 0.915. The number of rotatable bonds is 3. The maximum atomic E-state index is 13.2. The molecular formula is C20H31N3O2. The lowest BCUT2D eigenvalue weighted by molar-refractivity contribution is 0.0760. The number of benzene rings is 1. The molecule has 5 heteroatoms. The van der Waals surface area contributed by atoms with Gasteiger partial charge in [0.1, 0.15) is 0 Å². The van der Waals surface area contributed by atoms with E-state index in [0.717, 1.165) is 40.7 Å². The lowest BCUT2D eigenvalue weighted by atomic mass is 9.93. The molecule has 0 aromatic heterocycles. The number of hydrogen-bond acceptors (Lipinski definition) is 2. The lowest BCUT2D eigenvalue weighted by Crippen LogP contribution is -2.43. The molecule has 0 saturated carbocycles. The van der Waals surface area contributed by atoms with Gasteiger partial charge in [-0.2, -0.15) is 0 Å². The van der Waals surface area contributed by atoms with Crippen LogP contribution in [0, 0.1) is 27.7 Å². The van der Waals surface area contributed by atoms with E-state index in [9.17, 15) is 9.59 Å². The minimum absolute atomic E-state index is 0.0186. The van der Waals surface area contributed by atoms with Crippen molar-refractivity contribution in [2.75, 3.05) is 32.7 Å². The predicted octanol–water partition coefficient (Wildman–Crippen LogP) is 3.19. The van der Waals surface area contributed by atoms with Gasteiger partial charge in [-0.15, -0.1) is 0 Å². The third-order valence-electron chi connectivity index (χ3n) is 5.18. The second kappa shape index (κ2) is 8.37. The molecule has 0 radical (unpaired) electrons. The first-order chi connectivity index (χ1) is 11.9. The SMILES string of the molecule is CCCNC(=O)N1CCCN(C(=O)c2c(C)c(C)cc(C)c2C)CC1. The van der Waals surface area contributed by atoms with E-state index < -0.39 is 0 Å². The molecule has 1 aromatic carbocycles. The Balaban J connectivity index is 2.13. The van der Waals surface area contributed by atoms with Crippen LogP contribution in [0.3, 0.4) is 0 Å². The highest BCUT2D eigenvalue weighted by molar-refractivity contribution is 5.97. The summed E-state index contributed by atoms with van der Waals surface area (Å²) >= 11 is 0. The van der Waals surface area contributed by atoms with E-state index >= 15 is 0 Å². The van der Waals surface area contributed by atoms with Crippen molar-refractivity contribution in [3.63, 3.8) is 0 Å². The number of hydrogen-bond donors (Lipinski definition) is 1. The van der Waals surface area contributed by atoms with Crippen LogP contribution in [0.1, 0.15) is 52.4 Å². The molecule has 25 heavy (non-hydrogen) atoms. The summed E-state index contributed by atoms with van der Waals surface area (Å²) in [5.41, 5.74) is 5.27. The molecule has 1 fully saturated rings. The summed E-state index contributed by atoms with van der Waals surface area (Å²) in [4.78, 5) is 29.0. The second-order valence-corrected chi connectivity index (χ2v) is 7.00. The zero-order valence-electron chi connectivity index (χ0n) is 16.2. The van der Waals surface area contributed by atoms with E-state index in [-0.39, 0.29) is 11.9 Å². The molecule has 1 aliphatic rings. The maximum Gasteiger partial charge on any atom is 0.317 e. The molecule has 138 valence electrons. The molecule has 1 aromatic rings. The van der Waals surface area contributed by atoms with Crippen LogP contribution in [0.5, 0.6) is 0 Å². The van der Waals surface area contributed by atoms with Gasteiger partial charge in [-0.1, -0.05) is 13.0 Å². The van der Waals surface area contributed by atoms with Crippen LogP contribution in [0.2, 0.25) is 0 Å². The molecule has 1 N–H and O–H groups in total. The van der Waals surface area contributed by atoms with Crippen molar-refractivity contribution < 1.29 is 9.59 Å². The first-order valence-corrected chi connectivity index (χ1v) is 9.26. The van der Waals surface area contributed by atoms with Crippen molar-refractivity contribution in [2.24, 2.45) is 0 Å². The Hall–Kier alpha value is -2.04. The van der Waals surface area contributed by atoms with Crippen LogP contribution in [-0.4, -0.2) is 54.5 Å². The smallest absolute Gasteiger partial charge is 0.317 e. The largest absolute Gasteiger partial charge is 0.338 e. The van der Waals surface area contributed by atoms with Crippen LogP contribution >= 0.6 is 0 Å². The molecular weight excluding hydrogens is 314 g/mol. The Kier molecular flexibility index (Phi) is 6.45. The lowest BCUT2D eigenvalue weighted by Gasteiger charge is -2.24.